The summed E-state index contributed by atoms with van der Waals surface area (Å²) in [5.41, 5.74) is 0. The van der Waals surface area contributed by atoms with Crippen LogP contribution in [0.3, 0.4) is 0 Å². The molecule has 1 fully saturated rings. The van der Waals surface area contributed by atoms with Crippen LogP contribution < -0.4 is 0 Å². The minimum absolute atomic E-state index is 0.0706. The third-order valence-corrected chi connectivity index (χ3v) is 2.57. The van der Waals surface area contributed by atoms with Crippen molar-refractivity contribution in [3.8, 4) is 0 Å². The normalized spacial score (nSPS) is 24.9. The summed E-state index contributed by atoms with van der Waals surface area (Å²) in [5, 5.41) is 19.6. The maximum Gasteiger partial charge on any atom is 0.244 e. The first kappa shape index (κ1) is 11.9. The van der Waals surface area contributed by atoms with Gasteiger partial charge in [-0.25, -0.2) is 4.68 Å². The van der Waals surface area contributed by atoms with Gasteiger partial charge in [0.05, 0.1) is 18.8 Å². The van der Waals surface area contributed by atoms with Crippen molar-refractivity contribution in [3.05, 3.63) is 6.33 Å². The van der Waals surface area contributed by atoms with E-state index in [0.29, 0.717) is 13.1 Å². The molecule has 1 saturated heterocycles. The zero-order valence-electron chi connectivity index (χ0n) is 9.56. The van der Waals surface area contributed by atoms with Gasteiger partial charge in [0.2, 0.25) is 5.91 Å². The summed E-state index contributed by atoms with van der Waals surface area (Å²) >= 11 is 0. The Hall–Kier alpha value is -1.54. The van der Waals surface area contributed by atoms with Crippen molar-refractivity contribution in [1.82, 2.24) is 25.1 Å². The summed E-state index contributed by atoms with van der Waals surface area (Å²) in [6.45, 7) is 2.83. The first-order valence-electron chi connectivity index (χ1n) is 5.44. The predicted octanol–water partition coefficient (Wildman–Crippen LogP) is -1.72. The van der Waals surface area contributed by atoms with Gasteiger partial charge in [-0.3, -0.25) is 4.79 Å². The number of hydrogen-bond acceptors (Lipinski definition) is 6. The van der Waals surface area contributed by atoms with E-state index in [1.54, 1.807) is 4.90 Å². The Labute approximate surface area is 98.2 Å². The van der Waals surface area contributed by atoms with E-state index in [4.69, 9.17) is 9.84 Å². The summed E-state index contributed by atoms with van der Waals surface area (Å²) in [5.74, 6) is -0.0779. The minimum atomic E-state index is -0.309. The Kier molecular flexibility index (Phi) is 3.64. The van der Waals surface area contributed by atoms with E-state index in [-0.39, 0.29) is 31.3 Å². The number of hydrogen-bond donors (Lipinski definition) is 1. The zero-order valence-corrected chi connectivity index (χ0v) is 9.56. The lowest BCUT2D eigenvalue weighted by molar-refractivity contribution is -0.147. The number of amides is 1. The van der Waals surface area contributed by atoms with E-state index < -0.39 is 0 Å². The number of carbonyl (C=O) groups is 1. The smallest absolute Gasteiger partial charge is 0.244 e. The largest absolute Gasteiger partial charge is 0.394 e. The van der Waals surface area contributed by atoms with E-state index in [9.17, 15) is 4.79 Å². The monoisotopic (exact) mass is 241 g/mol. The second-order valence-corrected chi connectivity index (χ2v) is 4.06. The Morgan fingerprint density at radius 3 is 3.06 bits per heavy atom. The number of aliphatic hydroxyl groups excluding tert-OH is 1. The number of carbonyl (C=O) groups excluding carboxylic acids is 1. The molecule has 94 valence electrons. The summed E-state index contributed by atoms with van der Waals surface area (Å²) < 4.78 is 6.83. The average molecular weight is 241 g/mol. The molecule has 1 amide bonds. The molecule has 2 unspecified atom stereocenters. The van der Waals surface area contributed by atoms with Crippen LogP contribution in [0.15, 0.2) is 6.33 Å². The van der Waals surface area contributed by atoms with Crippen molar-refractivity contribution in [2.24, 2.45) is 0 Å². The highest BCUT2D eigenvalue weighted by molar-refractivity contribution is 5.76. The molecule has 0 saturated carbocycles. The van der Waals surface area contributed by atoms with E-state index in [1.165, 1.54) is 11.0 Å². The van der Waals surface area contributed by atoms with Crippen molar-refractivity contribution >= 4 is 5.91 Å². The highest BCUT2D eigenvalue weighted by Gasteiger charge is 2.27. The van der Waals surface area contributed by atoms with Crippen molar-refractivity contribution in [3.63, 3.8) is 0 Å². The first-order chi connectivity index (χ1) is 8.19. The van der Waals surface area contributed by atoms with Crippen LogP contribution in [0, 0.1) is 0 Å². The average Bonchev–Trinajstić information content (AvgIpc) is 2.81. The Bertz CT molecular complexity index is 369. The quantitative estimate of drug-likeness (QED) is 0.676. The molecule has 8 nitrogen and oxygen atoms in total. The van der Waals surface area contributed by atoms with Crippen LogP contribution in [0.4, 0.5) is 0 Å². The second kappa shape index (κ2) is 5.19. The van der Waals surface area contributed by atoms with Gasteiger partial charge in [0.25, 0.3) is 0 Å². The highest BCUT2D eigenvalue weighted by Crippen LogP contribution is 2.11. The van der Waals surface area contributed by atoms with Crippen molar-refractivity contribution in [2.75, 3.05) is 19.7 Å². The van der Waals surface area contributed by atoms with Gasteiger partial charge in [-0.1, -0.05) is 0 Å². The molecule has 0 spiro atoms. The van der Waals surface area contributed by atoms with E-state index in [0.717, 1.165) is 0 Å². The third kappa shape index (κ3) is 2.98. The fraction of sp³-hybridized carbons (Fsp3) is 0.778. The number of rotatable bonds is 3. The standard InChI is InChI=1S/C9H15N5O3/c1-7-2-13(3-8(5-15)17-7)9(16)4-14-6-10-11-12-14/h6-8,15H,2-5H2,1H3. The maximum atomic E-state index is 11.9. The van der Waals surface area contributed by atoms with Crippen molar-refractivity contribution < 1.29 is 14.6 Å². The Morgan fingerprint density at radius 2 is 2.41 bits per heavy atom. The molecule has 1 aromatic heterocycles. The lowest BCUT2D eigenvalue weighted by atomic mass is 10.2. The predicted molar refractivity (Wildman–Crippen MR) is 55.8 cm³/mol. The number of tetrazole rings is 1. The number of morpholine rings is 1. The Balaban J connectivity index is 1.94. The Morgan fingerprint density at radius 1 is 1.59 bits per heavy atom. The first-order valence-corrected chi connectivity index (χ1v) is 5.44. The second-order valence-electron chi connectivity index (χ2n) is 4.06. The summed E-state index contributed by atoms with van der Waals surface area (Å²) in [6, 6.07) is 0. The van der Waals surface area contributed by atoms with Gasteiger partial charge >= 0.3 is 0 Å². The maximum absolute atomic E-state index is 11.9. The van der Waals surface area contributed by atoms with Gasteiger partial charge < -0.3 is 14.7 Å². The van der Waals surface area contributed by atoms with Gasteiger partial charge in [-0.15, -0.1) is 5.10 Å². The zero-order chi connectivity index (χ0) is 12.3. The highest BCUT2D eigenvalue weighted by atomic mass is 16.5. The molecule has 2 atom stereocenters. The van der Waals surface area contributed by atoms with Gasteiger partial charge in [0.15, 0.2) is 0 Å². The molecular weight excluding hydrogens is 226 g/mol. The van der Waals surface area contributed by atoms with Gasteiger partial charge in [-0.05, 0) is 17.4 Å². The molecule has 1 aliphatic rings. The van der Waals surface area contributed by atoms with Gasteiger partial charge in [-0.2, -0.15) is 0 Å². The number of aromatic nitrogens is 4. The summed E-state index contributed by atoms with van der Waals surface area (Å²) in [7, 11) is 0. The molecule has 0 bridgehead atoms. The van der Waals surface area contributed by atoms with E-state index in [1.807, 2.05) is 6.92 Å². The topological polar surface area (TPSA) is 93.4 Å². The van der Waals surface area contributed by atoms with Crippen molar-refractivity contribution in [1.29, 1.82) is 0 Å². The molecule has 1 N–H and O–H groups in total. The lowest BCUT2D eigenvalue weighted by Crippen LogP contribution is -2.51. The summed E-state index contributed by atoms with van der Waals surface area (Å²) in [6.07, 6.45) is 1.01. The van der Waals surface area contributed by atoms with Crippen molar-refractivity contribution in [2.45, 2.75) is 25.7 Å². The van der Waals surface area contributed by atoms with Crippen LogP contribution in [0.1, 0.15) is 6.92 Å². The van der Waals surface area contributed by atoms with Crippen LogP contribution in [0.5, 0.6) is 0 Å². The molecule has 0 aliphatic carbocycles. The van der Waals surface area contributed by atoms with Crippen LogP contribution >= 0.6 is 0 Å². The third-order valence-electron chi connectivity index (χ3n) is 2.57. The lowest BCUT2D eigenvalue weighted by Gasteiger charge is -2.36. The minimum Gasteiger partial charge on any atom is -0.394 e. The van der Waals surface area contributed by atoms with Gasteiger partial charge in [0, 0.05) is 13.1 Å². The molecule has 17 heavy (non-hydrogen) atoms. The molecule has 2 heterocycles. The number of nitrogens with zero attached hydrogens (tertiary/aromatic N) is 5. The summed E-state index contributed by atoms with van der Waals surface area (Å²) in [4.78, 5) is 13.6. The molecular formula is C9H15N5O3. The van der Waals surface area contributed by atoms with Crippen LogP contribution in [-0.2, 0) is 16.1 Å². The fourth-order valence-corrected chi connectivity index (χ4v) is 1.84. The molecule has 1 aliphatic heterocycles. The van der Waals surface area contributed by atoms with E-state index in [2.05, 4.69) is 15.5 Å². The fourth-order valence-electron chi connectivity index (χ4n) is 1.84. The SMILES string of the molecule is CC1CN(C(=O)Cn2cnnn2)CC(CO)O1. The molecule has 8 heteroatoms. The van der Waals surface area contributed by atoms with E-state index >= 15 is 0 Å². The number of ether oxygens (including phenoxy) is 1. The van der Waals surface area contributed by atoms with Crippen LogP contribution in [0.2, 0.25) is 0 Å². The molecule has 0 radical (unpaired) electrons. The number of aliphatic hydroxyl groups is 1. The van der Waals surface area contributed by atoms with Crippen LogP contribution in [-0.4, -0.2) is 68.0 Å². The van der Waals surface area contributed by atoms with Crippen LogP contribution in [0.25, 0.3) is 0 Å². The molecule has 2 rings (SSSR count). The molecule has 0 aromatic carbocycles. The molecule has 1 aromatic rings. The van der Waals surface area contributed by atoms with Gasteiger partial charge in [0.1, 0.15) is 12.9 Å².